The van der Waals surface area contributed by atoms with Gasteiger partial charge < -0.3 is 4.74 Å². The van der Waals surface area contributed by atoms with Crippen LogP contribution in [0, 0.1) is 11.3 Å². The van der Waals surface area contributed by atoms with E-state index < -0.39 is 0 Å². The normalized spacial score (nSPS) is 11.8. The molecule has 0 rings (SSSR count). The van der Waals surface area contributed by atoms with Crippen molar-refractivity contribution in [3.8, 4) is 6.07 Å². The number of ether oxygens (including phenoxy) is 1. The van der Waals surface area contributed by atoms with Crippen molar-refractivity contribution in [1.29, 1.82) is 5.26 Å². The highest BCUT2D eigenvalue weighted by molar-refractivity contribution is 8.76. The molecule has 0 amide bonds. The van der Waals surface area contributed by atoms with Gasteiger partial charge in [0.15, 0.2) is 0 Å². The Hall–Kier alpha value is 0.450. The largest absolute Gasteiger partial charge is 0.465 e. The van der Waals surface area contributed by atoms with Crippen LogP contribution in [0.1, 0.15) is 97.3 Å². The first-order valence-electron chi connectivity index (χ1n) is 11.8. The van der Waals surface area contributed by atoms with Crippen molar-refractivity contribution in [1.82, 2.24) is 0 Å². The van der Waals surface area contributed by atoms with Crippen LogP contribution in [0.3, 0.4) is 0 Å². The van der Waals surface area contributed by atoms with Crippen LogP contribution in [0.2, 0.25) is 0 Å². The number of thioether (sulfide) groups is 2. The van der Waals surface area contributed by atoms with E-state index in [4.69, 9.17) is 17.0 Å². The number of hydrogen-bond acceptors (Lipinski definition) is 8. The molecular formula is C23H41NO2S5. The fraction of sp³-hybridized carbons (Fsp3) is 0.870. The van der Waals surface area contributed by atoms with E-state index in [-0.39, 0.29) is 17.6 Å². The summed E-state index contributed by atoms with van der Waals surface area (Å²) in [6.45, 7) is 4.85. The predicted octanol–water partition coefficient (Wildman–Crippen LogP) is 8.67. The summed E-state index contributed by atoms with van der Waals surface area (Å²) >= 11 is 8.52. The molecule has 3 nitrogen and oxygen atoms in total. The summed E-state index contributed by atoms with van der Waals surface area (Å²) < 4.78 is 6.06. The zero-order valence-electron chi connectivity index (χ0n) is 19.4. The minimum absolute atomic E-state index is 0.217. The van der Waals surface area contributed by atoms with Crippen molar-refractivity contribution in [2.24, 2.45) is 0 Å². The van der Waals surface area contributed by atoms with Gasteiger partial charge in [-0.1, -0.05) is 117 Å². The maximum absolute atomic E-state index is 11.8. The Morgan fingerprint density at radius 3 is 2.13 bits per heavy atom. The van der Waals surface area contributed by atoms with Gasteiger partial charge in [0.2, 0.25) is 0 Å². The molecule has 0 heterocycles. The van der Waals surface area contributed by atoms with Crippen molar-refractivity contribution in [3.05, 3.63) is 0 Å². The monoisotopic (exact) mass is 523 g/mol. The van der Waals surface area contributed by atoms with Gasteiger partial charge in [-0.05, 0) is 25.0 Å². The Morgan fingerprint density at radius 2 is 1.52 bits per heavy atom. The molecule has 0 aromatic rings. The molecule has 0 spiro atoms. The maximum atomic E-state index is 11.8. The molecule has 0 aliphatic heterocycles. The van der Waals surface area contributed by atoms with E-state index in [1.54, 1.807) is 22.6 Å². The standard InChI is InChI=1S/C23H41NO2S5/c1-3-5-6-7-8-9-10-11-12-13-18-28-23(27)31-21(20-24)14-15-22(25)26-16-19-30-29-17-4-2/h21H,3-19H2,1-2H3/t21-/m0/s1. The number of carbonyl (C=O) groups is 1. The first-order valence-corrected chi connectivity index (χ1v) is 16.5. The van der Waals surface area contributed by atoms with Crippen LogP contribution in [0.15, 0.2) is 0 Å². The first kappa shape index (κ1) is 31.4. The molecule has 0 saturated carbocycles. The van der Waals surface area contributed by atoms with Crippen LogP contribution in [0.5, 0.6) is 0 Å². The second-order valence-corrected chi connectivity index (χ2v) is 13.6. The number of nitriles is 1. The number of carbonyl (C=O) groups excluding carboxylic acids is 1. The summed E-state index contributed by atoms with van der Waals surface area (Å²) in [5.74, 6) is 2.74. The molecule has 180 valence electrons. The Morgan fingerprint density at radius 1 is 0.903 bits per heavy atom. The molecule has 0 fully saturated rings. The maximum Gasteiger partial charge on any atom is 0.305 e. The van der Waals surface area contributed by atoms with Crippen LogP contribution in [-0.4, -0.2) is 38.6 Å². The average Bonchev–Trinajstić information content (AvgIpc) is 2.77. The number of rotatable bonds is 21. The van der Waals surface area contributed by atoms with Crippen LogP contribution >= 0.6 is 57.3 Å². The van der Waals surface area contributed by atoms with Gasteiger partial charge >= 0.3 is 5.97 Å². The van der Waals surface area contributed by atoms with E-state index in [1.807, 2.05) is 10.8 Å². The third kappa shape index (κ3) is 23.4. The molecule has 0 aliphatic rings. The van der Waals surface area contributed by atoms with E-state index in [0.29, 0.717) is 13.0 Å². The summed E-state index contributed by atoms with van der Waals surface area (Å²) in [6, 6.07) is 2.27. The lowest BCUT2D eigenvalue weighted by atomic mass is 10.1. The zero-order chi connectivity index (χ0) is 23.0. The SMILES string of the molecule is CCCCCCCCCCCCSC(=S)S[C@H](C#N)CCC(=O)OCCSSCCC. The van der Waals surface area contributed by atoms with E-state index in [1.165, 1.54) is 76.0 Å². The molecule has 0 saturated heterocycles. The van der Waals surface area contributed by atoms with Gasteiger partial charge in [-0.25, -0.2) is 0 Å². The van der Waals surface area contributed by atoms with E-state index >= 15 is 0 Å². The molecule has 1 atom stereocenters. The fourth-order valence-electron chi connectivity index (χ4n) is 2.76. The van der Waals surface area contributed by atoms with Crippen LogP contribution in [0.25, 0.3) is 0 Å². The minimum Gasteiger partial charge on any atom is -0.465 e. The topological polar surface area (TPSA) is 50.1 Å². The molecule has 8 heteroatoms. The van der Waals surface area contributed by atoms with Crippen molar-refractivity contribution in [2.45, 2.75) is 103 Å². The number of esters is 1. The summed E-state index contributed by atoms with van der Waals surface area (Å²) in [7, 11) is 3.55. The second kappa shape index (κ2) is 25.1. The lowest BCUT2D eigenvalue weighted by molar-refractivity contribution is -0.143. The Labute approximate surface area is 213 Å². The van der Waals surface area contributed by atoms with Gasteiger partial charge in [0, 0.05) is 17.9 Å². The molecule has 0 N–H and O–H groups in total. The van der Waals surface area contributed by atoms with Crippen LogP contribution in [0.4, 0.5) is 0 Å². The quantitative estimate of drug-likeness (QED) is 0.0641. The van der Waals surface area contributed by atoms with E-state index in [9.17, 15) is 10.1 Å². The fourth-order valence-corrected chi connectivity index (χ4v) is 7.23. The predicted molar refractivity (Wildman–Crippen MR) is 149 cm³/mol. The smallest absolute Gasteiger partial charge is 0.305 e. The minimum atomic E-state index is -0.269. The van der Waals surface area contributed by atoms with Gasteiger partial charge in [-0.2, -0.15) is 5.26 Å². The van der Waals surface area contributed by atoms with E-state index in [2.05, 4.69) is 19.9 Å². The highest BCUT2D eigenvalue weighted by Crippen LogP contribution is 2.26. The first-order chi connectivity index (χ1) is 15.1. The summed E-state index contributed by atoms with van der Waals surface area (Å²) in [4.78, 5) is 11.8. The number of thiocarbonyl (C=S) groups is 1. The highest BCUT2D eigenvalue weighted by atomic mass is 33.1. The van der Waals surface area contributed by atoms with Crippen molar-refractivity contribution in [2.75, 3.05) is 23.9 Å². The molecular weight excluding hydrogens is 483 g/mol. The van der Waals surface area contributed by atoms with Gasteiger partial charge in [-0.15, -0.1) is 11.8 Å². The lowest BCUT2D eigenvalue weighted by Gasteiger charge is -2.09. The highest BCUT2D eigenvalue weighted by Gasteiger charge is 2.14. The molecule has 31 heavy (non-hydrogen) atoms. The third-order valence-electron chi connectivity index (χ3n) is 4.51. The average molecular weight is 524 g/mol. The van der Waals surface area contributed by atoms with Crippen molar-refractivity contribution in [3.63, 3.8) is 0 Å². The van der Waals surface area contributed by atoms with Crippen LogP contribution < -0.4 is 0 Å². The molecule has 0 aromatic carbocycles. The van der Waals surface area contributed by atoms with Gasteiger partial charge in [0.1, 0.15) is 10.1 Å². The molecule has 0 bridgehead atoms. The number of unbranched alkanes of at least 4 members (excludes halogenated alkanes) is 9. The lowest BCUT2D eigenvalue weighted by Crippen LogP contribution is -2.11. The second-order valence-electron chi connectivity index (χ2n) is 7.42. The van der Waals surface area contributed by atoms with Crippen molar-refractivity contribution >= 4 is 66.8 Å². The molecule has 0 radical (unpaired) electrons. The van der Waals surface area contributed by atoms with Gasteiger partial charge in [-0.3, -0.25) is 4.79 Å². The molecule has 0 unspecified atom stereocenters. The number of hydrogen-bond donors (Lipinski definition) is 0. The Balaban J connectivity index is 3.62. The summed E-state index contributed by atoms with van der Waals surface area (Å²) in [6.07, 6.45) is 15.3. The van der Waals surface area contributed by atoms with E-state index in [0.717, 1.165) is 27.2 Å². The van der Waals surface area contributed by atoms with Crippen molar-refractivity contribution < 1.29 is 9.53 Å². The van der Waals surface area contributed by atoms with Gasteiger partial charge in [0.25, 0.3) is 0 Å². The number of nitrogens with zero attached hydrogens (tertiary/aromatic N) is 1. The molecule has 0 aliphatic carbocycles. The van der Waals surface area contributed by atoms with Gasteiger partial charge in [0.05, 0.1) is 11.3 Å². The third-order valence-corrected chi connectivity index (χ3v) is 9.92. The van der Waals surface area contributed by atoms with Crippen LogP contribution in [-0.2, 0) is 9.53 Å². The Bertz CT molecular complexity index is 485. The summed E-state index contributed by atoms with van der Waals surface area (Å²) in [5, 5.41) is 9.08. The Kier molecular flexibility index (Phi) is 25.4. The summed E-state index contributed by atoms with van der Waals surface area (Å²) in [5.41, 5.74) is 0. The zero-order valence-corrected chi connectivity index (χ0v) is 23.5. The molecule has 0 aromatic heterocycles.